The first kappa shape index (κ1) is 19.6. The van der Waals surface area contributed by atoms with Gasteiger partial charge in [-0.15, -0.1) is 11.3 Å². The Morgan fingerprint density at radius 3 is 2.83 bits per heavy atom. The van der Waals surface area contributed by atoms with Crippen molar-refractivity contribution in [1.29, 1.82) is 0 Å². The molecule has 1 aromatic heterocycles. The van der Waals surface area contributed by atoms with Crippen LogP contribution in [-0.2, 0) is 11.2 Å². The SMILES string of the molecule is O=C(CN=C(NCCc1cccs1)Nc1ccc2c(c1)OCCCO2)NC1CC1. The molecule has 1 amide bonds. The third-order valence-electron chi connectivity index (χ3n) is 4.58. The zero-order valence-electron chi connectivity index (χ0n) is 16.3. The molecule has 154 valence electrons. The molecule has 4 rings (SSSR count). The van der Waals surface area contributed by atoms with Crippen molar-refractivity contribution in [3.05, 3.63) is 40.6 Å². The largest absolute Gasteiger partial charge is 0.490 e. The molecule has 0 unspecified atom stereocenters. The lowest BCUT2D eigenvalue weighted by molar-refractivity contribution is -0.119. The number of carbonyl (C=O) groups excluding carboxylic acids is 1. The summed E-state index contributed by atoms with van der Waals surface area (Å²) in [7, 11) is 0. The van der Waals surface area contributed by atoms with Gasteiger partial charge in [-0.1, -0.05) is 6.07 Å². The average molecular weight is 415 g/mol. The van der Waals surface area contributed by atoms with Crippen molar-refractivity contribution in [3.8, 4) is 11.5 Å². The van der Waals surface area contributed by atoms with Crippen LogP contribution in [0.3, 0.4) is 0 Å². The van der Waals surface area contributed by atoms with Crippen LogP contribution in [0.2, 0.25) is 0 Å². The Kier molecular flexibility index (Phi) is 6.51. The number of aliphatic imine (C=N–C) groups is 1. The summed E-state index contributed by atoms with van der Waals surface area (Å²) in [4.78, 5) is 17.8. The molecule has 0 bridgehead atoms. The number of ether oxygens (including phenoxy) is 2. The number of fused-ring (bicyclic) bond motifs is 1. The van der Waals surface area contributed by atoms with Gasteiger partial charge in [-0.2, -0.15) is 0 Å². The van der Waals surface area contributed by atoms with E-state index in [1.54, 1.807) is 11.3 Å². The van der Waals surface area contributed by atoms with E-state index in [-0.39, 0.29) is 12.5 Å². The second-order valence-corrected chi connectivity index (χ2v) is 8.13. The van der Waals surface area contributed by atoms with Crippen LogP contribution in [0.1, 0.15) is 24.1 Å². The van der Waals surface area contributed by atoms with E-state index in [0.717, 1.165) is 49.4 Å². The van der Waals surface area contributed by atoms with E-state index < -0.39 is 0 Å². The van der Waals surface area contributed by atoms with Crippen LogP contribution in [0.25, 0.3) is 0 Å². The number of carbonyl (C=O) groups is 1. The molecule has 0 atom stereocenters. The number of hydrogen-bond acceptors (Lipinski definition) is 5. The minimum Gasteiger partial charge on any atom is -0.490 e. The number of nitrogens with zero attached hydrogens (tertiary/aromatic N) is 1. The smallest absolute Gasteiger partial charge is 0.242 e. The van der Waals surface area contributed by atoms with Crippen LogP contribution >= 0.6 is 11.3 Å². The molecule has 2 aliphatic rings. The van der Waals surface area contributed by atoms with Gasteiger partial charge in [0.05, 0.1) is 13.2 Å². The second-order valence-electron chi connectivity index (χ2n) is 7.10. The highest BCUT2D eigenvalue weighted by Crippen LogP contribution is 2.32. The zero-order valence-corrected chi connectivity index (χ0v) is 17.1. The predicted molar refractivity (Wildman–Crippen MR) is 115 cm³/mol. The van der Waals surface area contributed by atoms with Gasteiger partial charge >= 0.3 is 0 Å². The Hall–Kier alpha value is -2.74. The first-order chi connectivity index (χ1) is 14.3. The predicted octanol–water partition coefficient (Wildman–Crippen LogP) is 2.79. The molecule has 0 saturated heterocycles. The van der Waals surface area contributed by atoms with E-state index in [1.807, 2.05) is 24.3 Å². The lowest BCUT2D eigenvalue weighted by atomic mass is 10.2. The van der Waals surface area contributed by atoms with Crippen LogP contribution in [-0.4, -0.2) is 44.2 Å². The Morgan fingerprint density at radius 1 is 1.17 bits per heavy atom. The number of anilines is 1. The molecule has 3 N–H and O–H groups in total. The van der Waals surface area contributed by atoms with Gasteiger partial charge in [-0.3, -0.25) is 4.79 Å². The summed E-state index contributed by atoms with van der Waals surface area (Å²) < 4.78 is 11.4. The summed E-state index contributed by atoms with van der Waals surface area (Å²) in [6.45, 7) is 2.11. The molecular weight excluding hydrogens is 388 g/mol. The van der Waals surface area contributed by atoms with Crippen LogP contribution in [0.15, 0.2) is 40.7 Å². The maximum atomic E-state index is 12.0. The lowest BCUT2D eigenvalue weighted by Gasteiger charge is -2.14. The van der Waals surface area contributed by atoms with Gasteiger partial charge in [0, 0.05) is 35.6 Å². The molecule has 8 heteroatoms. The van der Waals surface area contributed by atoms with Crippen LogP contribution in [0, 0.1) is 0 Å². The van der Waals surface area contributed by atoms with E-state index in [1.165, 1.54) is 4.88 Å². The summed E-state index contributed by atoms with van der Waals surface area (Å²) >= 11 is 1.73. The fourth-order valence-electron chi connectivity index (χ4n) is 2.93. The molecule has 2 aromatic rings. The highest BCUT2D eigenvalue weighted by Gasteiger charge is 2.22. The van der Waals surface area contributed by atoms with Gasteiger partial charge < -0.3 is 25.4 Å². The molecule has 2 heterocycles. The molecule has 1 fully saturated rings. The Labute approximate surface area is 174 Å². The number of nitrogens with one attached hydrogen (secondary N) is 3. The fourth-order valence-corrected chi connectivity index (χ4v) is 3.64. The van der Waals surface area contributed by atoms with Crippen LogP contribution in [0.5, 0.6) is 11.5 Å². The van der Waals surface area contributed by atoms with Crippen LogP contribution in [0.4, 0.5) is 5.69 Å². The zero-order chi connectivity index (χ0) is 19.9. The van der Waals surface area contributed by atoms with Crippen molar-refractivity contribution in [2.24, 2.45) is 4.99 Å². The third kappa shape index (κ3) is 6.12. The maximum Gasteiger partial charge on any atom is 0.242 e. The standard InChI is InChI=1S/C21H26N4O3S/c26-20(24-15-4-5-15)14-23-21(22-9-8-17-3-1-12-29-17)25-16-6-7-18-19(13-16)28-11-2-10-27-18/h1,3,6-7,12-13,15H,2,4-5,8-11,14H2,(H,24,26)(H2,22,23,25). The minimum absolute atomic E-state index is 0.0504. The first-order valence-corrected chi connectivity index (χ1v) is 10.9. The minimum atomic E-state index is -0.0504. The van der Waals surface area contributed by atoms with Gasteiger partial charge in [0.1, 0.15) is 6.54 Å². The number of hydrogen-bond donors (Lipinski definition) is 3. The summed E-state index contributed by atoms with van der Waals surface area (Å²) in [6.07, 6.45) is 3.89. The fraction of sp³-hybridized carbons (Fsp3) is 0.429. The summed E-state index contributed by atoms with van der Waals surface area (Å²) in [5.74, 6) is 1.99. The highest BCUT2D eigenvalue weighted by molar-refractivity contribution is 7.09. The Balaban J connectivity index is 1.40. The average Bonchev–Trinajstić information content (AvgIpc) is 3.44. The topological polar surface area (TPSA) is 84.0 Å². The van der Waals surface area contributed by atoms with Crippen molar-refractivity contribution >= 4 is 28.9 Å². The summed E-state index contributed by atoms with van der Waals surface area (Å²) in [6, 6.07) is 10.2. The maximum absolute atomic E-state index is 12.0. The van der Waals surface area contributed by atoms with E-state index in [0.29, 0.717) is 25.2 Å². The quantitative estimate of drug-likeness (QED) is 0.479. The number of rotatable bonds is 7. The molecule has 0 radical (unpaired) electrons. The van der Waals surface area contributed by atoms with E-state index in [4.69, 9.17) is 9.47 Å². The summed E-state index contributed by atoms with van der Waals surface area (Å²) in [5.41, 5.74) is 0.833. The Morgan fingerprint density at radius 2 is 2.03 bits per heavy atom. The van der Waals surface area contributed by atoms with Gasteiger partial charge in [0.15, 0.2) is 17.5 Å². The van der Waals surface area contributed by atoms with Crippen molar-refractivity contribution in [3.63, 3.8) is 0 Å². The molecule has 7 nitrogen and oxygen atoms in total. The van der Waals surface area contributed by atoms with E-state index in [9.17, 15) is 4.79 Å². The molecule has 29 heavy (non-hydrogen) atoms. The normalized spacial score (nSPS) is 16.1. The first-order valence-electron chi connectivity index (χ1n) is 10.0. The van der Waals surface area contributed by atoms with Gasteiger partial charge in [0.25, 0.3) is 0 Å². The van der Waals surface area contributed by atoms with E-state index >= 15 is 0 Å². The van der Waals surface area contributed by atoms with Crippen LogP contribution < -0.4 is 25.4 Å². The number of thiophene rings is 1. The van der Waals surface area contributed by atoms with Crippen molar-refractivity contribution in [2.75, 3.05) is 31.6 Å². The molecular formula is C21H26N4O3S. The van der Waals surface area contributed by atoms with Gasteiger partial charge in [0.2, 0.25) is 5.91 Å². The molecule has 1 aliphatic carbocycles. The van der Waals surface area contributed by atoms with E-state index in [2.05, 4.69) is 32.4 Å². The summed E-state index contributed by atoms with van der Waals surface area (Å²) in [5, 5.41) is 11.6. The monoisotopic (exact) mass is 414 g/mol. The Bertz CT molecular complexity index is 850. The third-order valence-corrected chi connectivity index (χ3v) is 5.51. The van der Waals surface area contributed by atoms with Gasteiger partial charge in [-0.25, -0.2) is 4.99 Å². The second kappa shape index (κ2) is 9.65. The number of benzene rings is 1. The highest BCUT2D eigenvalue weighted by atomic mass is 32.1. The molecule has 1 aromatic carbocycles. The number of guanidine groups is 1. The van der Waals surface area contributed by atoms with Crippen molar-refractivity contribution in [2.45, 2.75) is 31.7 Å². The molecule has 1 saturated carbocycles. The lowest BCUT2D eigenvalue weighted by Crippen LogP contribution is -2.34. The van der Waals surface area contributed by atoms with Crippen molar-refractivity contribution in [1.82, 2.24) is 10.6 Å². The number of amides is 1. The molecule has 0 spiro atoms. The molecule has 1 aliphatic heterocycles. The van der Waals surface area contributed by atoms with Crippen molar-refractivity contribution < 1.29 is 14.3 Å². The van der Waals surface area contributed by atoms with Gasteiger partial charge in [-0.05, 0) is 42.8 Å².